The topological polar surface area (TPSA) is 108 Å². The van der Waals surface area contributed by atoms with E-state index in [9.17, 15) is 19.7 Å². The van der Waals surface area contributed by atoms with Gasteiger partial charge < -0.3 is 14.9 Å². The standard InChI is InChI=1S/C6H10N2O6/c1-5(3-13-8(11)12)14-6(10)2-7-4-9/h4-5H,2-3H2,1H3,(H,7,9). The van der Waals surface area contributed by atoms with Gasteiger partial charge in [0, 0.05) is 0 Å². The first-order valence-electron chi connectivity index (χ1n) is 3.70. The average molecular weight is 206 g/mol. The van der Waals surface area contributed by atoms with E-state index in [-0.39, 0.29) is 13.2 Å². The normalized spacial score (nSPS) is 11.2. The second kappa shape index (κ2) is 6.63. The van der Waals surface area contributed by atoms with Crippen LogP contribution in [0.4, 0.5) is 0 Å². The molecule has 0 bridgehead atoms. The Morgan fingerprint density at radius 3 is 2.86 bits per heavy atom. The second-order valence-corrected chi connectivity index (χ2v) is 2.32. The molecular weight excluding hydrogens is 196 g/mol. The molecule has 0 fully saturated rings. The lowest BCUT2D eigenvalue weighted by molar-refractivity contribution is -0.759. The molecular formula is C6H10N2O6. The van der Waals surface area contributed by atoms with E-state index in [2.05, 4.69) is 14.9 Å². The molecule has 8 heteroatoms. The minimum atomic E-state index is -0.978. The molecule has 0 spiro atoms. The zero-order chi connectivity index (χ0) is 11.0. The van der Waals surface area contributed by atoms with Crippen molar-refractivity contribution in [3.05, 3.63) is 10.1 Å². The Morgan fingerprint density at radius 1 is 1.71 bits per heavy atom. The summed E-state index contributed by atoms with van der Waals surface area (Å²) >= 11 is 0. The van der Waals surface area contributed by atoms with Crippen LogP contribution in [0, 0.1) is 10.1 Å². The van der Waals surface area contributed by atoms with Crippen LogP contribution in [0.25, 0.3) is 0 Å². The van der Waals surface area contributed by atoms with E-state index in [0.717, 1.165) is 0 Å². The summed E-state index contributed by atoms with van der Waals surface area (Å²) in [5.41, 5.74) is 0. The molecule has 0 saturated heterocycles. The number of rotatable bonds is 7. The van der Waals surface area contributed by atoms with Gasteiger partial charge in [0.25, 0.3) is 5.09 Å². The molecule has 1 N–H and O–H groups in total. The lowest BCUT2D eigenvalue weighted by Gasteiger charge is -2.11. The number of hydrogen-bond donors (Lipinski definition) is 1. The molecule has 1 amide bonds. The van der Waals surface area contributed by atoms with Crippen molar-refractivity contribution in [1.29, 1.82) is 0 Å². The summed E-state index contributed by atoms with van der Waals surface area (Å²) < 4.78 is 4.61. The van der Waals surface area contributed by atoms with Gasteiger partial charge in [0.05, 0.1) is 0 Å². The fourth-order valence-corrected chi connectivity index (χ4v) is 0.591. The van der Waals surface area contributed by atoms with Crippen LogP contribution in [0.2, 0.25) is 0 Å². The summed E-state index contributed by atoms with van der Waals surface area (Å²) in [6.07, 6.45) is -0.388. The summed E-state index contributed by atoms with van der Waals surface area (Å²) in [6.45, 7) is 0.828. The van der Waals surface area contributed by atoms with Crippen LogP contribution in [0.15, 0.2) is 0 Å². The van der Waals surface area contributed by atoms with Gasteiger partial charge in [-0.1, -0.05) is 0 Å². The minimum Gasteiger partial charge on any atom is -0.459 e. The summed E-state index contributed by atoms with van der Waals surface area (Å²) in [7, 11) is 0. The van der Waals surface area contributed by atoms with Gasteiger partial charge in [-0.3, -0.25) is 9.59 Å². The number of carbonyl (C=O) groups is 2. The Kier molecular flexibility index (Phi) is 5.75. The predicted molar refractivity (Wildman–Crippen MR) is 42.6 cm³/mol. The molecule has 80 valence electrons. The maximum absolute atomic E-state index is 10.8. The van der Waals surface area contributed by atoms with Crippen molar-refractivity contribution in [2.75, 3.05) is 13.2 Å². The zero-order valence-corrected chi connectivity index (χ0v) is 7.47. The van der Waals surface area contributed by atoms with Gasteiger partial charge in [-0.05, 0) is 6.92 Å². The minimum absolute atomic E-state index is 0.272. The van der Waals surface area contributed by atoms with Gasteiger partial charge in [-0.15, -0.1) is 10.1 Å². The third-order valence-corrected chi connectivity index (χ3v) is 1.08. The van der Waals surface area contributed by atoms with Gasteiger partial charge in [0.2, 0.25) is 6.41 Å². The highest BCUT2D eigenvalue weighted by Crippen LogP contribution is 1.92. The van der Waals surface area contributed by atoms with E-state index in [1.807, 2.05) is 0 Å². The highest BCUT2D eigenvalue weighted by molar-refractivity contribution is 5.74. The van der Waals surface area contributed by atoms with Crippen molar-refractivity contribution in [1.82, 2.24) is 5.32 Å². The van der Waals surface area contributed by atoms with E-state index in [1.54, 1.807) is 0 Å². The number of esters is 1. The van der Waals surface area contributed by atoms with Crippen LogP contribution < -0.4 is 5.32 Å². The summed E-state index contributed by atoms with van der Waals surface area (Å²) in [5, 5.41) is 10.9. The van der Waals surface area contributed by atoms with Crippen molar-refractivity contribution in [2.24, 2.45) is 0 Å². The van der Waals surface area contributed by atoms with Crippen LogP contribution in [0.1, 0.15) is 6.92 Å². The second-order valence-electron chi connectivity index (χ2n) is 2.32. The van der Waals surface area contributed by atoms with Crippen LogP contribution in [-0.2, 0) is 19.2 Å². The third kappa shape index (κ3) is 6.83. The Balaban J connectivity index is 3.59. The highest BCUT2D eigenvalue weighted by atomic mass is 17.0. The van der Waals surface area contributed by atoms with Crippen LogP contribution >= 0.6 is 0 Å². The lowest BCUT2D eigenvalue weighted by atomic mass is 10.4. The fraction of sp³-hybridized carbons (Fsp3) is 0.667. The van der Waals surface area contributed by atoms with Crippen molar-refractivity contribution < 1.29 is 24.3 Å². The van der Waals surface area contributed by atoms with E-state index in [4.69, 9.17) is 0 Å². The van der Waals surface area contributed by atoms with E-state index in [0.29, 0.717) is 6.41 Å². The maximum atomic E-state index is 10.8. The smallest absolute Gasteiger partial charge is 0.325 e. The fourth-order valence-electron chi connectivity index (χ4n) is 0.591. The SMILES string of the molecule is CC(CO[N+](=O)[O-])OC(=O)CNC=O. The molecule has 0 aromatic heterocycles. The van der Waals surface area contributed by atoms with E-state index < -0.39 is 17.2 Å². The molecule has 0 saturated carbocycles. The largest absolute Gasteiger partial charge is 0.459 e. The molecule has 0 aliphatic rings. The van der Waals surface area contributed by atoms with Crippen molar-refractivity contribution in [2.45, 2.75) is 13.0 Å². The van der Waals surface area contributed by atoms with Gasteiger partial charge in [0.1, 0.15) is 19.3 Å². The maximum Gasteiger partial charge on any atom is 0.325 e. The van der Waals surface area contributed by atoms with Crippen molar-refractivity contribution in [3.8, 4) is 0 Å². The number of nitrogens with one attached hydrogen (secondary N) is 1. The summed E-state index contributed by atoms with van der Waals surface area (Å²) in [5.74, 6) is -0.684. The Bertz CT molecular complexity index is 218. The van der Waals surface area contributed by atoms with Gasteiger partial charge in [0.15, 0.2) is 0 Å². The third-order valence-electron chi connectivity index (χ3n) is 1.08. The van der Waals surface area contributed by atoms with Crippen molar-refractivity contribution in [3.63, 3.8) is 0 Å². The summed E-state index contributed by atoms with van der Waals surface area (Å²) in [6, 6.07) is 0. The molecule has 0 rings (SSSR count). The Hall–Kier alpha value is -1.86. The molecule has 0 aromatic rings. The molecule has 0 heterocycles. The first-order valence-corrected chi connectivity index (χ1v) is 3.70. The number of nitrogens with zero attached hydrogens (tertiary/aromatic N) is 1. The number of carbonyl (C=O) groups excluding carboxylic acids is 2. The van der Waals surface area contributed by atoms with Crippen LogP contribution in [-0.4, -0.2) is 36.7 Å². The highest BCUT2D eigenvalue weighted by Gasteiger charge is 2.10. The molecule has 0 aliphatic carbocycles. The predicted octanol–water partition coefficient (Wildman–Crippen LogP) is -1.13. The quantitative estimate of drug-likeness (QED) is 0.244. The Morgan fingerprint density at radius 2 is 2.36 bits per heavy atom. The molecule has 8 nitrogen and oxygen atoms in total. The molecule has 1 atom stereocenters. The number of ether oxygens (including phenoxy) is 1. The summed E-state index contributed by atoms with van der Waals surface area (Å²) in [4.78, 5) is 34.3. The van der Waals surface area contributed by atoms with Crippen LogP contribution in [0.5, 0.6) is 0 Å². The zero-order valence-electron chi connectivity index (χ0n) is 7.47. The lowest BCUT2D eigenvalue weighted by Crippen LogP contribution is -2.28. The molecule has 0 aliphatic heterocycles. The molecule has 0 radical (unpaired) electrons. The first-order chi connectivity index (χ1) is 6.56. The monoisotopic (exact) mass is 206 g/mol. The first kappa shape index (κ1) is 12.1. The van der Waals surface area contributed by atoms with Crippen LogP contribution in [0.3, 0.4) is 0 Å². The van der Waals surface area contributed by atoms with Crippen molar-refractivity contribution >= 4 is 12.4 Å². The van der Waals surface area contributed by atoms with Gasteiger partial charge >= 0.3 is 5.97 Å². The molecule has 1 unspecified atom stereocenters. The number of hydrogen-bond acceptors (Lipinski definition) is 6. The van der Waals surface area contributed by atoms with E-state index >= 15 is 0 Å². The van der Waals surface area contributed by atoms with Gasteiger partial charge in [-0.2, -0.15) is 0 Å². The number of amides is 1. The molecule has 14 heavy (non-hydrogen) atoms. The Labute approximate surface area is 79.3 Å². The average Bonchev–Trinajstić information content (AvgIpc) is 2.11. The van der Waals surface area contributed by atoms with Gasteiger partial charge in [-0.25, -0.2) is 0 Å². The van der Waals surface area contributed by atoms with E-state index in [1.165, 1.54) is 6.92 Å². The molecule has 0 aromatic carbocycles.